The van der Waals surface area contributed by atoms with Gasteiger partial charge in [-0.1, -0.05) is 118 Å². The Hall–Kier alpha value is -0.199. The van der Waals surface area contributed by atoms with E-state index in [1.165, 1.54) is 17.1 Å². The van der Waals surface area contributed by atoms with E-state index in [0.29, 0.717) is 0 Å². The predicted octanol–water partition coefficient (Wildman–Crippen LogP) is 8.58. The highest BCUT2D eigenvalue weighted by atomic mass is 28.4. The number of anilines is 3. The third-order valence-corrected chi connectivity index (χ3v) is 26.5. The van der Waals surface area contributed by atoms with E-state index in [1.807, 2.05) is 0 Å². The molecule has 1 aromatic rings. The zero-order chi connectivity index (χ0) is 28.7. The molecule has 3 N–H and O–H groups in total. The average Bonchev–Trinajstić information content (AvgIpc) is 2.57. The Balaban J connectivity index is 3.68. The lowest BCUT2D eigenvalue weighted by atomic mass is 10.2. The number of benzene rings is 1. The molecule has 6 nitrogen and oxygen atoms in total. The number of rotatable bonds is 12. The van der Waals surface area contributed by atoms with Crippen molar-refractivity contribution in [3.05, 3.63) is 18.2 Å². The van der Waals surface area contributed by atoms with Gasteiger partial charge in [-0.3, -0.25) is 13.0 Å². The van der Waals surface area contributed by atoms with Crippen molar-refractivity contribution in [3.63, 3.8) is 0 Å². The Morgan fingerprint density at radius 1 is 0.389 bits per heavy atom. The van der Waals surface area contributed by atoms with Gasteiger partial charge in [0.25, 0.3) is 0 Å². The average molecular weight is 601 g/mol. The van der Waals surface area contributed by atoms with Crippen LogP contribution in [0.5, 0.6) is 0 Å². The molecule has 0 unspecified atom stereocenters. The quantitative estimate of drug-likeness (QED) is 0.165. The van der Waals surface area contributed by atoms with Crippen molar-refractivity contribution < 1.29 is 0 Å². The summed E-state index contributed by atoms with van der Waals surface area (Å²) >= 11 is 0. The number of nitrogens with zero attached hydrogens (tertiary/aromatic N) is 3. The van der Waals surface area contributed by atoms with E-state index in [2.05, 4.69) is 165 Å². The molecule has 0 saturated heterocycles. The summed E-state index contributed by atoms with van der Waals surface area (Å²) in [6.07, 6.45) is 0. The van der Waals surface area contributed by atoms with Gasteiger partial charge in [0.15, 0.2) is 0 Å². The summed E-state index contributed by atoms with van der Waals surface area (Å²) in [7, 11) is -9.48. The Morgan fingerprint density at radius 2 is 0.667 bits per heavy atom. The second-order valence-electron chi connectivity index (χ2n) is 16.1. The molecule has 0 heterocycles. The van der Waals surface area contributed by atoms with Crippen molar-refractivity contribution in [2.24, 2.45) is 0 Å². The number of nitrogens with one attached hydrogen (secondary N) is 3. The number of hydrogen-bond acceptors (Lipinski definition) is 6. The van der Waals surface area contributed by atoms with E-state index in [9.17, 15) is 0 Å². The van der Waals surface area contributed by atoms with Crippen molar-refractivity contribution >= 4 is 66.5 Å². The molecule has 0 aliphatic rings. The molecule has 1 rings (SSSR count). The molecule has 0 radical (unpaired) electrons. The molecule has 0 aliphatic carbocycles. The summed E-state index contributed by atoms with van der Waals surface area (Å²) in [6, 6.07) is 6.90. The predicted molar refractivity (Wildman–Crippen MR) is 183 cm³/mol. The first-order chi connectivity index (χ1) is 15.6. The van der Waals surface area contributed by atoms with E-state index >= 15 is 0 Å². The van der Waals surface area contributed by atoms with Gasteiger partial charge in [-0.05, 0) is 18.2 Å². The Bertz CT molecular complexity index is 828. The van der Waals surface area contributed by atoms with Gasteiger partial charge in [-0.25, -0.2) is 0 Å². The van der Waals surface area contributed by atoms with Crippen LogP contribution in [-0.2, 0) is 0 Å². The highest BCUT2D eigenvalue weighted by molar-refractivity contribution is 6.91. The molecular weight excluding hydrogens is 541 g/mol. The maximum Gasteiger partial charge on any atom is 0.133 e. The van der Waals surface area contributed by atoms with Crippen molar-refractivity contribution in [1.29, 1.82) is 0 Å². The van der Waals surface area contributed by atoms with Crippen molar-refractivity contribution in [1.82, 2.24) is 13.0 Å². The molecule has 0 aromatic heterocycles. The van der Waals surface area contributed by atoms with Crippen LogP contribution in [0, 0.1) is 0 Å². The zero-order valence-corrected chi connectivity index (χ0v) is 33.1. The van der Waals surface area contributed by atoms with Crippen LogP contribution in [0.15, 0.2) is 18.2 Å². The van der Waals surface area contributed by atoms with E-state index in [1.54, 1.807) is 0 Å². The lowest BCUT2D eigenvalue weighted by Crippen LogP contribution is -2.63. The van der Waals surface area contributed by atoms with Crippen LogP contribution in [0.25, 0.3) is 0 Å². The molecule has 0 atom stereocenters. The normalized spacial score (nSPS) is 14.6. The lowest BCUT2D eigenvalue weighted by molar-refractivity contribution is 0.721. The van der Waals surface area contributed by atoms with E-state index < -0.39 is 49.4 Å². The van der Waals surface area contributed by atoms with E-state index in [4.69, 9.17) is 0 Å². The van der Waals surface area contributed by atoms with E-state index in [-0.39, 0.29) is 0 Å². The maximum atomic E-state index is 3.99. The maximum absolute atomic E-state index is 3.99. The molecule has 210 valence electrons. The molecular formula is C24H60N6Si6. The van der Waals surface area contributed by atoms with Gasteiger partial charge in [0.2, 0.25) is 0 Å². The Kier molecular flexibility index (Phi) is 10.4. The van der Waals surface area contributed by atoms with Gasteiger partial charge in [-0.2, -0.15) is 0 Å². The Morgan fingerprint density at radius 3 is 0.972 bits per heavy atom. The smallest absolute Gasteiger partial charge is 0.133 e. The third-order valence-electron chi connectivity index (χ3n) is 5.75. The van der Waals surface area contributed by atoms with Crippen LogP contribution in [0.2, 0.25) is 118 Å². The summed E-state index contributed by atoms with van der Waals surface area (Å²) in [4.78, 5) is 0. The van der Waals surface area contributed by atoms with Crippen LogP contribution < -0.4 is 16.3 Å². The molecule has 0 spiro atoms. The lowest BCUT2D eigenvalue weighted by Gasteiger charge is -2.47. The summed E-state index contributed by atoms with van der Waals surface area (Å²) in [5, 5.41) is 0. The Labute approximate surface area is 231 Å². The van der Waals surface area contributed by atoms with Crippen LogP contribution in [-0.4, -0.2) is 62.4 Å². The standard InChI is InChI=1S/C24H60N6Si6/c1-31(2,3)28(32(4,5)6)25-22-19-20-23(26-29(33(7,8)9)34(10,11)12)24(21-22)27-30(35(13,14)15)36(16,17)18/h19-21,25-27H,1-18H3. The molecule has 0 fully saturated rings. The van der Waals surface area contributed by atoms with Crippen LogP contribution >= 0.6 is 0 Å². The van der Waals surface area contributed by atoms with Crippen LogP contribution in [0.3, 0.4) is 0 Å². The van der Waals surface area contributed by atoms with Crippen molar-refractivity contribution in [2.75, 3.05) is 16.3 Å². The molecule has 0 saturated carbocycles. The van der Waals surface area contributed by atoms with Gasteiger partial charge in [0.05, 0.1) is 11.4 Å². The molecule has 0 bridgehead atoms. The first-order valence-corrected chi connectivity index (χ1v) is 34.2. The molecule has 0 amide bonds. The van der Waals surface area contributed by atoms with Crippen LogP contribution in [0.4, 0.5) is 17.1 Å². The van der Waals surface area contributed by atoms with E-state index in [0.717, 1.165) is 0 Å². The summed E-state index contributed by atoms with van der Waals surface area (Å²) in [6.45, 7) is 43.9. The minimum absolute atomic E-state index is 1.17. The summed E-state index contributed by atoms with van der Waals surface area (Å²) < 4.78 is 7.95. The molecule has 12 heteroatoms. The molecule has 1 aromatic carbocycles. The summed E-state index contributed by atoms with van der Waals surface area (Å²) in [5.41, 5.74) is 15.4. The fourth-order valence-corrected chi connectivity index (χ4v) is 32.1. The molecule has 0 aliphatic heterocycles. The van der Waals surface area contributed by atoms with Crippen molar-refractivity contribution in [3.8, 4) is 0 Å². The van der Waals surface area contributed by atoms with Gasteiger partial charge >= 0.3 is 0 Å². The van der Waals surface area contributed by atoms with Gasteiger partial charge in [-0.15, -0.1) is 0 Å². The summed E-state index contributed by atoms with van der Waals surface area (Å²) in [5.74, 6) is 0. The second kappa shape index (κ2) is 11.1. The fraction of sp³-hybridized carbons (Fsp3) is 0.750. The minimum Gasteiger partial charge on any atom is -0.331 e. The zero-order valence-electron chi connectivity index (χ0n) is 27.1. The SMILES string of the molecule is C[Si](C)(C)N(Nc1ccc(NN([Si](C)(C)C)[Si](C)(C)C)c(NN([Si](C)(C)C)[Si](C)(C)C)c1)[Si](C)(C)C. The number of hydrazine groups is 3. The number of hydrogen-bond donors (Lipinski definition) is 3. The topological polar surface area (TPSA) is 45.8 Å². The van der Waals surface area contributed by atoms with Crippen molar-refractivity contribution in [2.45, 2.75) is 118 Å². The van der Waals surface area contributed by atoms with Crippen LogP contribution in [0.1, 0.15) is 0 Å². The molecule has 36 heavy (non-hydrogen) atoms. The van der Waals surface area contributed by atoms with Gasteiger partial charge in [0, 0.05) is 5.69 Å². The first-order valence-electron chi connectivity index (χ1n) is 13.5. The monoisotopic (exact) mass is 600 g/mol. The third kappa shape index (κ3) is 9.84. The minimum atomic E-state index is -1.61. The largest absolute Gasteiger partial charge is 0.331 e. The van der Waals surface area contributed by atoms with Gasteiger partial charge in [0.1, 0.15) is 49.4 Å². The second-order valence-corrected chi connectivity index (χ2v) is 46.2. The van der Waals surface area contributed by atoms with Gasteiger partial charge < -0.3 is 16.3 Å². The fourth-order valence-electron chi connectivity index (χ4n) is 5.20. The first kappa shape index (κ1) is 33.8. The highest BCUT2D eigenvalue weighted by Crippen LogP contribution is 2.33. The highest BCUT2D eigenvalue weighted by Gasteiger charge is 2.38.